The minimum Gasteiger partial charge on any atom is -0.444 e. The fraction of sp³-hybridized carbons (Fsp3) is 0.367. The normalized spacial score (nSPS) is 12.7. The van der Waals surface area contributed by atoms with Crippen LogP contribution in [0.2, 0.25) is 0 Å². The van der Waals surface area contributed by atoms with E-state index in [9.17, 15) is 22.8 Å². The molecule has 0 saturated heterocycles. The molecular weight excluding hydrogens is 546 g/mol. The summed E-state index contributed by atoms with van der Waals surface area (Å²) in [6.07, 6.45) is 5.96. The first kappa shape index (κ1) is 33.1. The molecule has 0 saturated carbocycles. The SMILES string of the molecule is C#CCCCN[C@@H](Cc1ccc(OS(=O)(=O)C=C)cc1)C(=O)NC(=O)[C@H](Cc1ccccc1)NC(=O)OC(C)(C)C. The third kappa shape index (κ3) is 12.7. The molecule has 0 aliphatic heterocycles. The molecule has 10 nitrogen and oxygen atoms in total. The molecule has 2 atom stereocenters. The first-order chi connectivity index (χ1) is 19.3. The summed E-state index contributed by atoms with van der Waals surface area (Å²) in [5.41, 5.74) is 0.677. The van der Waals surface area contributed by atoms with Crippen LogP contribution in [-0.2, 0) is 37.3 Å². The number of imide groups is 1. The molecule has 0 fully saturated rings. The molecule has 41 heavy (non-hydrogen) atoms. The van der Waals surface area contributed by atoms with Gasteiger partial charge >= 0.3 is 16.2 Å². The maximum atomic E-state index is 13.3. The molecule has 0 heterocycles. The smallest absolute Gasteiger partial charge is 0.408 e. The number of nitrogens with one attached hydrogen (secondary N) is 3. The van der Waals surface area contributed by atoms with Crippen molar-refractivity contribution in [3.8, 4) is 18.1 Å². The lowest BCUT2D eigenvalue weighted by molar-refractivity contribution is -0.132. The summed E-state index contributed by atoms with van der Waals surface area (Å²) < 4.78 is 33.4. The molecule has 3 amide bonds. The lowest BCUT2D eigenvalue weighted by Gasteiger charge is -2.24. The predicted molar refractivity (Wildman–Crippen MR) is 156 cm³/mol. The van der Waals surface area contributed by atoms with Gasteiger partial charge in [-0.2, -0.15) is 8.42 Å². The number of terminal acetylenes is 1. The highest BCUT2D eigenvalue weighted by Gasteiger charge is 2.28. The second-order valence-electron chi connectivity index (χ2n) is 10.1. The average Bonchev–Trinajstić information content (AvgIpc) is 2.90. The maximum Gasteiger partial charge on any atom is 0.408 e. The molecule has 0 unspecified atom stereocenters. The maximum absolute atomic E-state index is 13.3. The first-order valence-corrected chi connectivity index (χ1v) is 14.5. The van der Waals surface area contributed by atoms with Crippen LogP contribution in [0, 0.1) is 12.3 Å². The van der Waals surface area contributed by atoms with Gasteiger partial charge in [-0.3, -0.25) is 14.9 Å². The topological polar surface area (TPSA) is 140 Å². The van der Waals surface area contributed by atoms with Gasteiger partial charge < -0.3 is 19.6 Å². The number of ether oxygens (including phenoxy) is 1. The molecule has 11 heteroatoms. The molecule has 220 valence electrons. The fourth-order valence-electron chi connectivity index (χ4n) is 3.61. The first-order valence-electron chi connectivity index (χ1n) is 13.0. The van der Waals surface area contributed by atoms with E-state index in [2.05, 4.69) is 28.4 Å². The van der Waals surface area contributed by atoms with Gasteiger partial charge in [0.2, 0.25) is 11.8 Å². The van der Waals surface area contributed by atoms with E-state index in [1.165, 1.54) is 12.1 Å². The van der Waals surface area contributed by atoms with Crippen molar-refractivity contribution < 1.29 is 31.7 Å². The highest BCUT2D eigenvalue weighted by atomic mass is 32.2. The van der Waals surface area contributed by atoms with Gasteiger partial charge in [-0.05, 0) is 63.4 Å². The van der Waals surface area contributed by atoms with E-state index >= 15 is 0 Å². The third-order valence-electron chi connectivity index (χ3n) is 5.52. The van der Waals surface area contributed by atoms with Crippen molar-refractivity contribution in [1.82, 2.24) is 16.0 Å². The van der Waals surface area contributed by atoms with E-state index in [1.807, 2.05) is 30.3 Å². The van der Waals surface area contributed by atoms with Crippen molar-refractivity contribution in [3.05, 3.63) is 77.7 Å². The van der Waals surface area contributed by atoms with Crippen LogP contribution in [0.15, 0.2) is 66.6 Å². The van der Waals surface area contributed by atoms with Gasteiger partial charge in [0.15, 0.2) is 0 Å². The Morgan fingerprint density at radius 3 is 2.15 bits per heavy atom. The minimum atomic E-state index is -3.91. The van der Waals surface area contributed by atoms with Gasteiger partial charge in [0.25, 0.3) is 0 Å². The zero-order chi connectivity index (χ0) is 30.5. The Labute approximate surface area is 242 Å². The van der Waals surface area contributed by atoms with E-state index in [1.54, 1.807) is 32.9 Å². The summed E-state index contributed by atoms with van der Waals surface area (Å²) in [5.74, 6) is 1.33. The minimum absolute atomic E-state index is 0.0868. The number of carbonyl (C=O) groups is 3. The molecule has 0 spiro atoms. The summed E-state index contributed by atoms with van der Waals surface area (Å²) in [6, 6.07) is 13.3. The van der Waals surface area contributed by atoms with Crippen LogP contribution in [0.5, 0.6) is 5.75 Å². The van der Waals surface area contributed by atoms with E-state index in [0.29, 0.717) is 30.4 Å². The summed E-state index contributed by atoms with van der Waals surface area (Å²) >= 11 is 0. The van der Waals surface area contributed by atoms with Crippen LogP contribution >= 0.6 is 0 Å². The highest BCUT2D eigenvalue weighted by Crippen LogP contribution is 2.16. The summed E-state index contributed by atoms with van der Waals surface area (Å²) in [4.78, 5) is 39.0. The highest BCUT2D eigenvalue weighted by molar-refractivity contribution is 7.90. The van der Waals surface area contributed by atoms with Crippen LogP contribution in [0.1, 0.15) is 44.7 Å². The van der Waals surface area contributed by atoms with E-state index in [-0.39, 0.29) is 18.6 Å². The average molecular weight is 584 g/mol. The van der Waals surface area contributed by atoms with Crippen LogP contribution in [-0.4, -0.2) is 50.6 Å². The van der Waals surface area contributed by atoms with Gasteiger partial charge in [0, 0.05) is 12.8 Å². The van der Waals surface area contributed by atoms with E-state index in [0.717, 1.165) is 5.56 Å². The number of hydrogen-bond acceptors (Lipinski definition) is 8. The lowest BCUT2D eigenvalue weighted by atomic mass is 10.0. The predicted octanol–water partition coefficient (Wildman–Crippen LogP) is 3.23. The van der Waals surface area contributed by atoms with Gasteiger partial charge in [0.1, 0.15) is 17.4 Å². The molecule has 0 bridgehead atoms. The largest absolute Gasteiger partial charge is 0.444 e. The number of hydrogen-bond donors (Lipinski definition) is 3. The monoisotopic (exact) mass is 583 g/mol. The van der Waals surface area contributed by atoms with Crippen molar-refractivity contribution >= 4 is 28.0 Å². The molecule has 3 N–H and O–H groups in total. The Balaban J connectivity index is 2.19. The molecule has 0 radical (unpaired) electrons. The number of carbonyl (C=O) groups excluding carboxylic acids is 3. The molecule has 0 aliphatic rings. The van der Waals surface area contributed by atoms with Gasteiger partial charge in [-0.15, -0.1) is 12.3 Å². The lowest BCUT2D eigenvalue weighted by Crippen LogP contribution is -2.54. The molecule has 0 aromatic heterocycles. The second kappa shape index (κ2) is 15.6. The zero-order valence-electron chi connectivity index (χ0n) is 23.5. The van der Waals surface area contributed by atoms with Crippen molar-refractivity contribution in [2.24, 2.45) is 0 Å². The fourth-order valence-corrected chi connectivity index (χ4v) is 4.06. The van der Waals surface area contributed by atoms with Crippen LogP contribution < -0.4 is 20.1 Å². The van der Waals surface area contributed by atoms with Gasteiger partial charge in [-0.25, -0.2) is 4.79 Å². The Kier molecular flexibility index (Phi) is 12.6. The number of amides is 3. The second-order valence-corrected chi connectivity index (χ2v) is 11.6. The zero-order valence-corrected chi connectivity index (χ0v) is 24.3. The summed E-state index contributed by atoms with van der Waals surface area (Å²) in [5, 5.41) is 8.80. The van der Waals surface area contributed by atoms with Crippen molar-refractivity contribution in [2.75, 3.05) is 6.54 Å². The Morgan fingerprint density at radius 2 is 1.56 bits per heavy atom. The Hall–Kier alpha value is -4.14. The van der Waals surface area contributed by atoms with Crippen molar-refractivity contribution in [2.45, 2.75) is 64.1 Å². The summed E-state index contributed by atoms with van der Waals surface area (Å²) in [7, 11) is -3.91. The van der Waals surface area contributed by atoms with E-state index in [4.69, 9.17) is 15.3 Å². The number of rotatable bonds is 14. The Morgan fingerprint density at radius 1 is 0.976 bits per heavy atom. The van der Waals surface area contributed by atoms with Crippen LogP contribution in [0.3, 0.4) is 0 Å². The standard InChI is InChI=1S/C30H37N3O7S/c1-6-8-12-19-31-25(20-23-15-17-24(18-16-23)40-41(37,38)7-2)27(34)33-28(35)26(21-22-13-10-9-11-14-22)32-29(36)39-30(3,4)5/h1,7,9-11,13-18,25-26,31H,2,8,12,19-21H2,3-5H3,(H,32,36)(H,33,34,35)/t25-,26-/m0/s1. The van der Waals surface area contributed by atoms with Gasteiger partial charge in [-0.1, -0.05) is 49.0 Å². The number of alkyl carbamates (subject to hydrolysis) is 1. The van der Waals surface area contributed by atoms with Crippen molar-refractivity contribution in [3.63, 3.8) is 0 Å². The number of unbranched alkanes of at least 4 members (excludes halogenated alkanes) is 1. The molecule has 2 aromatic rings. The Bertz CT molecular complexity index is 1330. The molecule has 2 aromatic carbocycles. The molecule has 0 aliphatic carbocycles. The van der Waals surface area contributed by atoms with E-state index < -0.39 is 45.7 Å². The van der Waals surface area contributed by atoms with Gasteiger partial charge in [0.05, 0.1) is 11.4 Å². The quantitative estimate of drug-likeness (QED) is 0.175. The van der Waals surface area contributed by atoms with Crippen LogP contribution in [0.4, 0.5) is 4.79 Å². The van der Waals surface area contributed by atoms with Crippen molar-refractivity contribution in [1.29, 1.82) is 0 Å². The molecule has 2 rings (SSSR count). The third-order valence-corrected chi connectivity index (χ3v) is 6.35. The summed E-state index contributed by atoms with van der Waals surface area (Å²) in [6.45, 7) is 8.73. The van der Waals surface area contributed by atoms with Crippen LogP contribution in [0.25, 0.3) is 0 Å². The molecular formula is C30H37N3O7S. The number of benzene rings is 2.